The van der Waals surface area contributed by atoms with Crippen molar-refractivity contribution in [2.75, 3.05) is 19.6 Å². The lowest BCUT2D eigenvalue weighted by molar-refractivity contribution is 0.0899. The largest absolute Gasteiger partial charge is 0.360 e. The fraction of sp³-hybridized carbons (Fsp3) is 0.619. The Hall–Kier alpha value is -2.48. The van der Waals surface area contributed by atoms with E-state index in [2.05, 4.69) is 20.5 Å². The Kier molecular flexibility index (Phi) is 6.08. The third kappa shape index (κ3) is 4.58. The number of aromatic nitrogens is 3. The quantitative estimate of drug-likeness (QED) is 0.795. The van der Waals surface area contributed by atoms with Gasteiger partial charge in [-0.05, 0) is 51.6 Å². The zero-order valence-electron chi connectivity index (χ0n) is 17.0. The highest BCUT2D eigenvalue weighted by Crippen LogP contribution is 2.24. The van der Waals surface area contributed by atoms with Crippen LogP contribution in [0, 0.1) is 6.92 Å². The molecular formula is C21H29N5O3. The number of likely N-dealkylation sites (tertiary alicyclic amines) is 1. The average Bonchev–Trinajstić information content (AvgIpc) is 3.17. The molecule has 0 aromatic carbocycles. The minimum absolute atomic E-state index is 0.0757. The standard InChI is InChI=1S/C21H29N5O3/c1-15-9-10-19(27)26(23-15)13-12-25-11-5-4-6-16(25)14-22-21(28)20-17-7-2-3-8-18(17)29-24-20/h9-10,16H,2-8,11-14H2,1H3,(H,22,28). The van der Waals surface area contributed by atoms with E-state index in [0.29, 0.717) is 18.8 Å². The Bertz CT molecular complexity index is 919. The van der Waals surface area contributed by atoms with Crippen LogP contribution in [-0.2, 0) is 19.4 Å². The van der Waals surface area contributed by atoms with Crippen molar-refractivity contribution >= 4 is 5.91 Å². The molecule has 1 aliphatic carbocycles. The van der Waals surface area contributed by atoms with Gasteiger partial charge in [0.25, 0.3) is 11.5 Å². The number of carbonyl (C=O) groups is 1. The van der Waals surface area contributed by atoms with Crippen molar-refractivity contribution < 1.29 is 9.32 Å². The van der Waals surface area contributed by atoms with Gasteiger partial charge >= 0.3 is 0 Å². The number of aryl methyl sites for hydroxylation is 2. The van der Waals surface area contributed by atoms with Crippen LogP contribution in [0.25, 0.3) is 0 Å². The first-order valence-electron chi connectivity index (χ1n) is 10.7. The number of amides is 1. The molecule has 156 valence electrons. The molecule has 3 heterocycles. The molecule has 0 saturated carbocycles. The summed E-state index contributed by atoms with van der Waals surface area (Å²) in [6.07, 6.45) is 7.24. The number of nitrogens with one attached hydrogen (secondary N) is 1. The molecule has 0 bridgehead atoms. The van der Waals surface area contributed by atoms with Crippen molar-refractivity contribution in [1.29, 1.82) is 0 Å². The number of carbonyl (C=O) groups excluding carboxylic acids is 1. The van der Waals surface area contributed by atoms with E-state index < -0.39 is 0 Å². The summed E-state index contributed by atoms with van der Waals surface area (Å²) in [6.45, 7) is 4.74. The van der Waals surface area contributed by atoms with Crippen molar-refractivity contribution in [3.63, 3.8) is 0 Å². The van der Waals surface area contributed by atoms with E-state index in [4.69, 9.17) is 4.52 Å². The Morgan fingerprint density at radius 2 is 2.07 bits per heavy atom. The van der Waals surface area contributed by atoms with Crippen molar-refractivity contribution in [1.82, 2.24) is 25.2 Å². The highest BCUT2D eigenvalue weighted by Gasteiger charge is 2.26. The van der Waals surface area contributed by atoms with Crippen LogP contribution in [-0.4, -0.2) is 51.4 Å². The lowest BCUT2D eigenvalue weighted by Crippen LogP contribution is -2.48. The van der Waals surface area contributed by atoms with Gasteiger partial charge in [0.1, 0.15) is 5.76 Å². The van der Waals surface area contributed by atoms with E-state index in [1.807, 2.05) is 6.92 Å². The monoisotopic (exact) mass is 399 g/mol. The van der Waals surface area contributed by atoms with E-state index in [9.17, 15) is 9.59 Å². The zero-order valence-corrected chi connectivity index (χ0v) is 17.0. The van der Waals surface area contributed by atoms with E-state index in [-0.39, 0.29) is 17.5 Å². The van der Waals surface area contributed by atoms with Gasteiger partial charge < -0.3 is 9.84 Å². The number of hydrogen-bond donors (Lipinski definition) is 1. The van der Waals surface area contributed by atoms with Crippen LogP contribution in [0.5, 0.6) is 0 Å². The third-order valence-corrected chi connectivity index (χ3v) is 6.01. The van der Waals surface area contributed by atoms with Gasteiger partial charge in [-0.25, -0.2) is 4.68 Å². The topological polar surface area (TPSA) is 93.3 Å². The summed E-state index contributed by atoms with van der Waals surface area (Å²) >= 11 is 0. The molecule has 1 amide bonds. The molecule has 1 atom stereocenters. The maximum Gasteiger partial charge on any atom is 0.273 e. The molecule has 1 aliphatic heterocycles. The van der Waals surface area contributed by atoms with Crippen molar-refractivity contribution in [2.24, 2.45) is 0 Å². The molecule has 0 spiro atoms. The predicted molar refractivity (Wildman–Crippen MR) is 108 cm³/mol. The Labute approximate surface area is 170 Å². The van der Waals surface area contributed by atoms with Gasteiger partial charge in [-0.15, -0.1) is 0 Å². The highest BCUT2D eigenvalue weighted by atomic mass is 16.5. The number of nitrogens with zero attached hydrogens (tertiary/aromatic N) is 4. The average molecular weight is 399 g/mol. The fourth-order valence-corrected chi connectivity index (χ4v) is 4.38. The number of fused-ring (bicyclic) bond motifs is 1. The molecular weight excluding hydrogens is 370 g/mol. The summed E-state index contributed by atoms with van der Waals surface area (Å²) in [7, 11) is 0. The lowest BCUT2D eigenvalue weighted by atomic mass is 9.96. The predicted octanol–water partition coefficient (Wildman–Crippen LogP) is 1.70. The van der Waals surface area contributed by atoms with Crippen LogP contribution in [0.4, 0.5) is 0 Å². The van der Waals surface area contributed by atoms with Gasteiger partial charge in [-0.2, -0.15) is 5.10 Å². The Balaban J connectivity index is 1.35. The summed E-state index contributed by atoms with van der Waals surface area (Å²) in [5.74, 6) is 0.732. The lowest BCUT2D eigenvalue weighted by Gasteiger charge is -2.35. The molecule has 2 aromatic heterocycles. The second-order valence-corrected chi connectivity index (χ2v) is 8.07. The SMILES string of the molecule is Cc1ccc(=O)n(CCN2CCCCC2CNC(=O)c2noc3c2CCCC3)n1. The molecule has 8 heteroatoms. The van der Waals surface area contributed by atoms with E-state index in [0.717, 1.165) is 75.1 Å². The third-order valence-electron chi connectivity index (χ3n) is 6.01. The van der Waals surface area contributed by atoms with E-state index in [1.54, 1.807) is 12.1 Å². The molecule has 2 aromatic rings. The number of hydrogen-bond acceptors (Lipinski definition) is 6. The highest BCUT2D eigenvalue weighted by molar-refractivity contribution is 5.93. The molecule has 1 fully saturated rings. The van der Waals surface area contributed by atoms with E-state index >= 15 is 0 Å². The summed E-state index contributed by atoms with van der Waals surface area (Å²) in [6, 6.07) is 3.56. The number of piperidine rings is 1. The Morgan fingerprint density at radius 1 is 1.21 bits per heavy atom. The molecule has 29 heavy (non-hydrogen) atoms. The maximum absolute atomic E-state index is 12.7. The zero-order chi connectivity index (χ0) is 20.2. The normalized spacial score (nSPS) is 19.7. The maximum atomic E-state index is 12.7. The summed E-state index contributed by atoms with van der Waals surface area (Å²) in [5.41, 5.74) is 2.20. The van der Waals surface area contributed by atoms with Gasteiger partial charge in [0.15, 0.2) is 5.69 Å². The van der Waals surface area contributed by atoms with Crippen LogP contribution >= 0.6 is 0 Å². The second-order valence-electron chi connectivity index (χ2n) is 8.07. The van der Waals surface area contributed by atoms with Gasteiger partial charge in [0.05, 0.1) is 12.2 Å². The minimum atomic E-state index is -0.140. The molecule has 2 aliphatic rings. The van der Waals surface area contributed by atoms with Crippen molar-refractivity contribution in [2.45, 2.75) is 64.5 Å². The first kappa shape index (κ1) is 19.8. The smallest absolute Gasteiger partial charge is 0.273 e. The molecule has 8 nitrogen and oxygen atoms in total. The summed E-state index contributed by atoms with van der Waals surface area (Å²) in [4.78, 5) is 27.0. The van der Waals surface area contributed by atoms with Crippen LogP contribution in [0.15, 0.2) is 21.5 Å². The minimum Gasteiger partial charge on any atom is -0.360 e. The van der Waals surface area contributed by atoms with Gasteiger partial charge in [0.2, 0.25) is 0 Å². The fourth-order valence-electron chi connectivity index (χ4n) is 4.38. The van der Waals surface area contributed by atoms with Gasteiger partial charge in [0, 0.05) is 37.2 Å². The molecule has 1 saturated heterocycles. The van der Waals surface area contributed by atoms with Crippen molar-refractivity contribution in [3.05, 3.63) is 45.2 Å². The second kappa shape index (κ2) is 8.90. The van der Waals surface area contributed by atoms with Crippen LogP contribution in [0.1, 0.15) is 59.6 Å². The molecule has 1 unspecified atom stereocenters. The van der Waals surface area contributed by atoms with Crippen LogP contribution in [0.2, 0.25) is 0 Å². The van der Waals surface area contributed by atoms with Crippen LogP contribution < -0.4 is 10.9 Å². The van der Waals surface area contributed by atoms with E-state index in [1.165, 1.54) is 4.68 Å². The summed E-state index contributed by atoms with van der Waals surface area (Å²) < 4.78 is 6.90. The van der Waals surface area contributed by atoms with Gasteiger partial charge in [-0.1, -0.05) is 11.6 Å². The number of rotatable bonds is 6. The van der Waals surface area contributed by atoms with Crippen LogP contribution in [0.3, 0.4) is 0 Å². The van der Waals surface area contributed by atoms with Crippen molar-refractivity contribution in [3.8, 4) is 0 Å². The first-order chi connectivity index (χ1) is 14.1. The molecule has 4 rings (SSSR count). The van der Waals surface area contributed by atoms with Gasteiger partial charge in [-0.3, -0.25) is 14.5 Å². The molecule has 1 N–H and O–H groups in total. The Morgan fingerprint density at radius 3 is 2.97 bits per heavy atom. The first-order valence-corrected chi connectivity index (χ1v) is 10.7. The molecule has 0 radical (unpaired) electrons. The summed E-state index contributed by atoms with van der Waals surface area (Å²) in [5, 5.41) is 11.4.